The number of carbonyl (C=O) groups is 1. The predicted octanol–water partition coefficient (Wildman–Crippen LogP) is 2.38. The van der Waals surface area contributed by atoms with Crippen LogP contribution < -0.4 is 15.5 Å². The number of nitrogen functional groups attached to an aromatic ring is 1. The van der Waals surface area contributed by atoms with Crippen LogP contribution in [0.25, 0.3) is 0 Å². The van der Waals surface area contributed by atoms with E-state index in [0.29, 0.717) is 10.7 Å². The molecule has 1 aromatic heterocycles. The molecule has 2 heterocycles. The molecule has 1 amide bonds. The normalized spacial score (nSPS) is 13.9. The van der Waals surface area contributed by atoms with Gasteiger partial charge in [0.15, 0.2) is 5.13 Å². The lowest BCUT2D eigenvalue weighted by Crippen LogP contribution is -2.35. The van der Waals surface area contributed by atoms with Crippen LogP contribution in [0.2, 0.25) is 0 Å². The van der Waals surface area contributed by atoms with E-state index in [0.717, 1.165) is 30.2 Å². The lowest BCUT2D eigenvalue weighted by molar-refractivity contribution is 0.0989. The summed E-state index contributed by atoms with van der Waals surface area (Å²) in [7, 11) is 3.78. The third kappa shape index (κ3) is 2.47. The minimum atomic E-state index is -0.0507. The average molecular weight is 302 g/mol. The maximum atomic E-state index is 12.8. The number of nitrogens with two attached hydrogens (primary N) is 1. The first-order valence-electron chi connectivity index (χ1n) is 6.91. The van der Waals surface area contributed by atoms with Crippen molar-refractivity contribution in [2.75, 3.05) is 36.2 Å². The lowest BCUT2D eigenvalue weighted by atomic mass is 10.0. The molecule has 2 aromatic rings. The molecule has 6 heteroatoms. The summed E-state index contributed by atoms with van der Waals surface area (Å²) in [6.45, 7) is 0.727. The maximum Gasteiger partial charge on any atom is 0.272 e. The van der Waals surface area contributed by atoms with Crippen LogP contribution in [-0.4, -0.2) is 31.5 Å². The van der Waals surface area contributed by atoms with Crippen LogP contribution in [-0.2, 0) is 6.42 Å². The summed E-state index contributed by atoms with van der Waals surface area (Å²) in [6, 6.07) is 8.05. The van der Waals surface area contributed by atoms with Crippen molar-refractivity contribution in [1.82, 2.24) is 4.98 Å². The third-order valence-corrected chi connectivity index (χ3v) is 4.80. The van der Waals surface area contributed by atoms with Gasteiger partial charge in [-0.1, -0.05) is 29.5 Å². The minimum absolute atomic E-state index is 0.0507. The van der Waals surface area contributed by atoms with E-state index >= 15 is 0 Å². The van der Waals surface area contributed by atoms with Crippen molar-refractivity contribution in [1.29, 1.82) is 0 Å². The summed E-state index contributed by atoms with van der Waals surface area (Å²) in [5.74, 6) is 0.266. The fourth-order valence-electron chi connectivity index (χ4n) is 2.53. The molecule has 0 radical (unpaired) electrons. The van der Waals surface area contributed by atoms with E-state index in [2.05, 4.69) is 11.1 Å². The molecule has 0 fully saturated rings. The van der Waals surface area contributed by atoms with Crippen molar-refractivity contribution in [3.63, 3.8) is 0 Å². The van der Waals surface area contributed by atoms with Gasteiger partial charge in [-0.05, 0) is 24.5 Å². The van der Waals surface area contributed by atoms with E-state index in [1.54, 1.807) is 0 Å². The minimum Gasteiger partial charge on any atom is -0.382 e. The van der Waals surface area contributed by atoms with Crippen molar-refractivity contribution in [3.8, 4) is 0 Å². The Kier molecular flexibility index (Phi) is 3.55. The summed E-state index contributed by atoms with van der Waals surface area (Å²) >= 11 is 1.34. The molecule has 3 rings (SSSR count). The van der Waals surface area contributed by atoms with Crippen molar-refractivity contribution in [2.24, 2.45) is 0 Å². The van der Waals surface area contributed by atoms with Gasteiger partial charge >= 0.3 is 0 Å². The van der Waals surface area contributed by atoms with Crippen LogP contribution in [0.4, 0.5) is 16.6 Å². The van der Waals surface area contributed by atoms with Gasteiger partial charge in [0.25, 0.3) is 5.91 Å². The van der Waals surface area contributed by atoms with Gasteiger partial charge in [0, 0.05) is 26.3 Å². The van der Waals surface area contributed by atoms with Gasteiger partial charge < -0.3 is 15.5 Å². The molecule has 110 valence electrons. The van der Waals surface area contributed by atoms with Crippen LogP contribution in [0.5, 0.6) is 0 Å². The standard InChI is InChI=1S/C15H18N4OS/c1-18(2)15-17-13(16)12(21-15)14(20)19-9-5-7-10-6-3-4-8-11(10)19/h3-4,6,8H,5,7,9,16H2,1-2H3. The van der Waals surface area contributed by atoms with Gasteiger partial charge in [-0.15, -0.1) is 0 Å². The Hall–Kier alpha value is -2.08. The topological polar surface area (TPSA) is 62.5 Å². The monoisotopic (exact) mass is 302 g/mol. The van der Waals surface area contributed by atoms with E-state index in [1.165, 1.54) is 16.9 Å². The van der Waals surface area contributed by atoms with Gasteiger partial charge in [0.2, 0.25) is 0 Å². The van der Waals surface area contributed by atoms with E-state index < -0.39 is 0 Å². The number of carbonyl (C=O) groups excluding carboxylic acids is 1. The molecule has 1 aliphatic rings. The van der Waals surface area contributed by atoms with Crippen molar-refractivity contribution >= 4 is 33.9 Å². The molecule has 0 saturated carbocycles. The van der Waals surface area contributed by atoms with Gasteiger partial charge in [-0.25, -0.2) is 4.98 Å². The molecule has 0 spiro atoms. The fraction of sp³-hybridized carbons (Fsp3) is 0.333. The number of amides is 1. The van der Waals surface area contributed by atoms with Gasteiger partial charge in [0.1, 0.15) is 10.7 Å². The Morgan fingerprint density at radius 2 is 2.14 bits per heavy atom. The number of anilines is 3. The number of nitrogens with zero attached hydrogens (tertiary/aromatic N) is 3. The van der Waals surface area contributed by atoms with Gasteiger partial charge in [-0.2, -0.15) is 0 Å². The highest BCUT2D eigenvalue weighted by atomic mass is 32.1. The average Bonchev–Trinajstić information content (AvgIpc) is 2.88. The molecular formula is C15H18N4OS. The smallest absolute Gasteiger partial charge is 0.272 e. The molecule has 5 nitrogen and oxygen atoms in total. The second kappa shape index (κ2) is 5.37. The molecule has 21 heavy (non-hydrogen) atoms. The SMILES string of the molecule is CN(C)c1nc(N)c(C(=O)N2CCCc3ccccc32)s1. The van der Waals surface area contributed by atoms with Crippen LogP contribution in [0, 0.1) is 0 Å². The van der Waals surface area contributed by atoms with Crippen molar-refractivity contribution in [3.05, 3.63) is 34.7 Å². The first-order valence-corrected chi connectivity index (χ1v) is 7.73. The molecule has 0 saturated heterocycles. The molecule has 1 aliphatic heterocycles. The number of aryl methyl sites for hydroxylation is 1. The van der Waals surface area contributed by atoms with Crippen LogP contribution in [0.15, 0.2) is 24.3 Å². The molecule has 0 unspecified atom stereocenters. The third-order valence-electron chi connectivity index (χ3n) is 3.57. The maximum absolute atomic E-state index is 12.8. The predicted molar refractivity (Wildman–Crippen MR) is 87.3 cm³/mol. The molecular weight excluding hydrogens is 284 g/mol. The lowest BCUT2D eigenvalue weighted by Gasteiger charge is -2.29. The quantitative estimate of drug-likeness (QED) is 0.925. The van der Waals surface area contributed by atoms with Crippen molar-refractivity contribution < 1.29 is 4.79 Å². The highest BCUT2D eigenvalue weighted by molar-refractivity contribution is 7.18. The largest absolute Gasteiger partial charge is 0.382 e. The fourth-order valence-corrected chi connectivity index (χ4v) is 3.39. The summed E-state index contributed by atoms with van der Waals surface area (Å²) in [4.78, 5) is 21.3. The Balaban J connectivity index is 1.97. The number of para-hydroxylation sites is 1. The number of benzene rings is 1. The summed E-state index contributed by atoms with van der Waals surface area (Å²) < 4.78 is 0. The van der Waals surface area contributed by atoms with Crippen LogP contribution in [0.1, 0.15) is 21.7 Å². The van der Waals surface area contributed by atoms with Crippen LogP contribution >= 0.6 is 11.3 Å². The number of rotatable bonds is 2. The summed E-state index contributed by atoms with van der Waals surface area (Å²) in [6.07, 6.45) is 1.99. The van der Waals surface area contributed by atoms with E-state index in [-0.39, 0.29) is 5.91 Å². The summed E-state index contributed by atoms with van der Waals surface area (Å²) in [5.41, 5.74) is 8.14. The number of fused-ring (bicyclic) bond motifs is 1. The first kappa shape index (κ1) is 13.9. The van der Waals surface area contributed by atoms with E-state index in [9.17, 15) is 4.79 Å². The number of hydrogen-bond acceptors (Lipinski definition) is 5. The van der Waals surface area contributed by atoms with Crippen LogP contribution in [0.3, 0.4) is 0 Å². The Morgan fingerprint density at radius 3 is 2.86 bits per heavy atom. The van der Waals surface area contributed by atoms with Gasteiger partial charge in [-0.3, -0.25) is 4.79 Å². The zero-order valence-electron chi connectivity index (χ0n) is 12.2. The van der Waals surface area contributed by atoms with Crippen molar-refractivity contribution in [2.45, 2.75) is 12.8 Å². The number of hydrogen-bond donors (Lipinski definition) is 1. The number of aromatic nitrogens is 1. The Bertz CT molecular complexity index is 680. The van der Waals surface area contributed by atoms with Gasteiger partial charge in [0.05, 0.1) is 0 Å². The Morgan fingerprint density at radius 1 is 1.38 bits per heavy atom. The number of thiazole rings is 1. The zero-order valence-corrected chi connectivity index (χ0v) is 13.0. The highest BCUT2D eigenvalue weighted by Crippen LogP contribution is 2.32. The first-order chi connectivity index (χ1) is 10.1. The second-order valence-corrected chi connectivity index (χ2v) is 6.27. The Labute approximate surface area is 128 Å². The molecule has 0 aliphatic carbocycles. The highest BCUT2D eigenvalue weighted by Gasteiger charge is 2.27. The molecule has 1 aromatic carbocycles. The zero-order chi connectivity index (χ0) is 15.0. The molecule has 2 N–H and O–H groups in total. The van der Waals surface area contributed by atoms with E-state index in [1.807, 2.05) is 42.1 Å². The molecule has 0 bridgehead atoms. The molecule has 0 atom stereocenters. The van der Waals surface area contributed by atoms with E-state index in [4.69, 9.17) is 5.73 Å². The second-order valence-electron chi connectivity index (χ2n) is 5.29. The summed E-state index contributed by atoms with van der Waals surface area (Å²) in [5, 5.41) is 0.751.